The maximum atomic E-state index is 15.6. The number of hydrogen-bond acceptors (Lipinski definition) is 7. The molecule has 0 aromatic carbocycles. The van der Waals surface area contributed by atoms with Crippen molar-refractivity contribution in [2.75, 3.05) is 0 Å². The summed E-state index contributed by atoms with van der Waals surface area (Å²) in [6, 6.07) is 1.87. The molecule has 1 aliphatic heterocycles. The summed E-state index contributed by atoms with van der Waals surface area (Å²) in [5, 5.41) is 10.6. The SMILES string of the molecule is FC1=C(c2ccno2)NC(c2c[nH]c3ncc(Cl)nc23)=NC1NC1CC2CCC1CC2. The highest BCUT2D eigenvalue weighted by Crippen LogP contribution is 2.42. The molecule has 3 N–H and O–H groups in total. The Balaban J connectivity index is 1.39. The van der Waals surface area contributed by atoms with Crippen LogP contribution in [0.2, 0.25) is 5.15 Å². The summed E-state index contributed by atoms with van der Waals surface area (Å²) in [7, 11) is 0. The molecule has 0 radical (unpaired) electrons. The lowest BCUT2D eigenvalue weighted by Crippen LogP contribution is -2.50. The summed E-state index contributed by atoms with van der Waals surface area (Å²) in [5.41, 5.74) is 2.01. The van der Waals surface area contributed by atoms with E-state index in [1.54, 1.807) is 12.3 Å². The molecule has 3 fully saturated rings. The molecule has 2 unspecified atom stereocenters. The molecule has 2 atom stereocenters. The number of rotatable bonds is 4. The van der Waals surface area contributed by atoms with Gasteiger partial charge in [-0.25, -0.2) is 19.4 Å². The lowest BCUT2D eigenvalue weighted by atomic mass is 9.68. The highest BCUT2D eigenvalue weighted by atomic mass is 35.5. The monoisotopic (exact) mass is 441 g/mol. The molecular weight excluding hydrogens is 421 g/mol. The zero-order valence-corrected chi connectivity index (χ0v) is 17.4. The second-order valence-electron chi connectivity index (χ2n) is 8.49. The van der Waals surface area contributed by atoms with E-state index in [2.05, 4.69) is 30.7 Å². The predicted octanol–water partition coefficient (Wildman–Crippen LogP) is 3.78. The van der Waals surface area contributed by atoms with E-state index >= 15 is 4.39 Å². The van der Waals surface area contributed by atoms with Crippen LogP contribution in [0, 0.1) is 11.8 Å². The lowest BCUT2D eigenvalue weighted by molar-refractivity contribution is 0.117. The molecule has 3 aromatic rings. The van der Waals surface area contributed by atoms with Crippen molar-refractivity contribution in [1.82, 2.24) is 30.7 Å². The topological polar surface area (TPSA) is 104 Å². The first-order valence-electron chi connectivity index (χ1n) is 10.6. The van der Waals surface area contributed by atoms with Crippen molar-refractivity contribution in [2.24, 2.45) is 16.8 Å². The molecule has 31 heavy (non-hydrogen) atoms. The van der Waals surface area contributed by atoms with Gasteiger partial charge >= 0.3 is 0 Å². The number of aromatic nitrogens is 4. The van der Waals surface area contributed by atoms with Gasteiger partial charge in [-0.15, -0.1) is 0 Å². The van der Waals surface area contributed by atoms with E-state index in [-0.39, 0.29) is 16.9 Å². The zero-order chi connectivity index (χ0) is 20.9. The Labute approximate surface area is 182 Å². The Morgan fingerprint density at radius 1 is 1.23 bits per heavy atom. The molecule has 3 aliphatic carbocycles. The number of halogens is 2. The average molecular weight is 442 g/mol. The quantitative estimate of drug-likeness (QED) is 0.569. The van der Waals surface area contributed by atoms with Gasteiger partial charge < -0.3 is 14.8 Å². The largest absolute Gasteiger partial charge is 0.355 e. The molecule has 0 spiro atoms. The lowest BCUT2D eigenvalue weighted by Gasteiger charge is -2.43. The van der Waals surface area contributed by atoms with Crippen LogP contribution < -0.4 is 10.6 Å². The Kier molecular flexibility index (Phi) is 4.53. The van der Waals surface area contributed by atoms with Crippen LogP contribution in [0.4, 0.5) is 4.39 Å². The van der Waals surface area contributed by atoms with Gasteiger partial charge in [-0.2, -0.15) is 0 Å². The van der Waals surface area contributed by atoms with Crippen molar-refractivity contribution in [3.05, 3.63) is 47.0 Å². The number of fused-ring (bicyclic) bond motifs is 4. The molecule has 160 valence electrons. The number of amidine groups is 1. The number of aromatic amines is 1. The summed E-state index contributed by atoms with van der Waals surface area (Å²) in [6.07, 6.45) is 9.90. The summed E-state index contributed by atoms with van der Waals surface area (Å²) in [5.74, 6) is 1.66. The second kappa shape index (κ2) is 7.42. The fraction of sp³-hybridized carbons (Fsp3) is 0.429. The third kappa shape index (κ3) is 3.32. The number of nitrogens with one attached hydrogen (secondary N) is 3. The number of nitrogens with zero attached hydrogens (tertiary/aromatic N) is 4. The standard InChI is InChI=1S/C21H21ClFN7O/c22-15-9-25-21-17(28-15)12(8-24-21)19-29-18(14-5-6-26-31-14)16(23)20(30-19)27-13-7-10-1-3-11(13)4-2-10/h5-6,8-11,13,20,27H,1-4,7H2,(H,24,25)(H,29,30). The van der Waals surface area contributed by atoms with Gasteiger partial charge in [0.25, 0.3) is 0 Å². The first kappa shape index (κ1) is 18.9. The Hall–Kier alpha value is -2.78. The molecule has 4 heterocycles. The van der Waals surface area contributed by atoms with Gasteiger partial charge in [0.1, 0.15) is 22.2 Å². The molecule has 7 rings (SSSR count). The normalized spacial score (nSPS) is 28.1. The van der Waals surface area contributed by atoms with Gasteiger partial charge in [0.05, 0.1) is 18.0 Å². The zero-order valence-electron chi connectivity index (χ0n) is 16.6. The fourth-order valence-corrected chi connectivity index (χ4v) is 5.27. The van der Waals surface area contributed by atoms with Gasteiger partial charge in [0, 0.05) is 18.3 Å². The van der Waals surface area contributed by atoms with Crippen LogP contribution in [0.15, 0.2) is 40.0 Å². The Morgan fingerprint density at radius 3 is 2.84 bits per heavy atom. The van der Waals surface area contributed by atoms with Crippen molar-refractivity contribution < 1.29 is 8.91 Å². The second-order valence-corrected chi connectivity index (χ2v) is 8.87. The minimum atomic E-state index is -0.821. The molecule has 3 aromatic heterocycles. The first-order valence-corrected chi connectivity index (χ1v) is 10.9. The van der Waals surface area contributed by atoms with Crippen LogP contribution in [0.1, 0.15) is 43.4 Å². The van der Waals surface area contributed by atoms with Gasteiger partial charge in [-0.3, -0.25) is 5.32 Å². The summed E-state index contributed by atoms with van der Waals surface area (Å²) >= 11 is 6.06. The Morgan fingerprint density at radius 2 is 2.10 bits per heavy atom. The third-order valence-corrected chi connectivity index (χ3v) is 6.87. The maximum Gasteiger partial charge on any atom is 0.185 e. The maximum absolute atomic E-state index is 15.6. The molecule has 8 nitrogen and oxygen atoms in total. The van der Waals surface area contributed by atoms with Crippen LogP contribution in [-0.2, 0) is 0 Å². The van der Waals surface area contributed by atoms with Crippen molar-refractivity contribution in [3.63, 3.8) is 0 Å². The highest BCUT2D eigenvalue weighted by Gasteiger charge is 2.38. The summed E-state index contributed by atoms with van der Waals surface area (Å²) < 4.78 is 20.8. The van der Waals surface area contributed by atoms with Crippen molar-refractivity contribution in [2.45, 2.75) is 44.3 Å². The molecule has 2 bridgehead atoms. The van der Waals surface area contributed by atoms with Crippen molar-refractivity contribution in [1.29, 1.82) is 0 Å². The molecule has 0 saturated heterocycles. The van der Waals surface area contributed by atoms with Crippen molar-refractivity contribution in [3.8, 4) is 0 Å². The van der Waals surface area contributed by atoms with E-state index in [0.29, 0.717) is 34.2 Å². The van der Waals surface area contributed by atoms with Crippen LogP contribution in [0.3, 0.4) is 0 Å². The van der Waals surface area contributed by atoms with E-state index in [9.17, 15) is 0 Å². The number of hydrogen-bond donors (Lipinski definition) is 3. The smallest absolute Gasteiger partial charge is 0.185 e. The summed E-state index contributed by atoms with van der Waals surface area (Å²) in [6.45, 7) is 0. The van der Waals surface area contributed by atoms with Crippen LogP contribution in [0.25, 0.3) is 16.9 Å². The van der Waals surface area contributed by atoms with Crippen LogP contribution in [0.5, 0.6) is 0 Å². The van der Waals surface area contributed by atoms with E-state index in [4.69, 9.17) is 21.1 Å². The summed E-state index contributed by atoms with van der Waals surface area (Å²) in [4.78, 5) is 16.4. The van der Waals surface area contributed by atoms with E-state index in [1.165, 1.54) is 38.1 Å². The molecule has 0 amide bonds. The fourth-order valence-electron chi connectivity index (χ4n) is 5.14. The molecule has 3 saturated carbocycles. The van der Waals surface area contributed by atoms with E-state index in [1.807, 2.05) is 0 Å². The van der Waals surface area contributed by atoms with E-state index < -0.39 is 12.0 Å². The van der Waals surface area contributed by atoms with Crippen LogP contribution in [-0.4, -0.2) is 38.2 Å². The Bertz CT molecular complexity index is 1180. The van der Waals surface area contributed by atoms with Gasteiger partial charge in [-0.05, 0) is 31.1 Å². The van der Waals surface area contributed by atoms with Gasteiger partial charge in [0.15, 0.2) is 23.4 Å². The average Bonchev–Trinajstić information content (AvgIpc) is 3.46. The molecule has 10 heteroatoms. The minimum absolute atomic E-state index is 0.213. The molecule has 4 aliphatic rings. The van der Waals surface area contributed by atoms with Crippen molar-refractivity contribution >= 4 is 34.3 Å². The predicted molar refractivity (Wildman–Crippen MR) is 114 cm³/mol. The number of aliphatic imine (C=N–C) groups is 1. The van der Waals surface area contributed by atoms with Gasteiger partial charge in [-0.1, -0.05) is 29.6 Å². The molecular formula is C21H21ClFN7O. The van der Waals surface area contributed by atoms with Crippen LogP contribution >= 0.6 is 11.6 Å². The third-order valence-electron chi connectivity index (χ3n) is 6.69. The van der Waals surface area contributed by atoms with Gasteiger partial charge in [0.2, 0.25) is 0 Å². The number of H-pyrrole nitrogens is 1. The first-order chi connectivity index (χ1) is 15.2. The van der Waals surface area contributed by atoms with E-state index in [0.717, 1.165) is 12.3 Å². The minimum Gasteiger partial charge on any atom is -0.355 e. The highest BCUT2D eigenvalue weighted by molar-refractivity contribution is 6.29.